The summed E-state index contributed by atoms with van der Waals surface area (Å²) in [6.45, 7) is 3.43. The first-order valence-corrected chi connectivity index (χ1v) is 9.47. The van der Waals surface area contributed by atoms with Gasteiger partial charge in [-0.1, -0.05) is 30.7 Å². The minimum absolute atomic E-state index is 0.189. The van der Waals surface area contributed by atoms with E-state index in [2.05, 4.69) is 0 Å². The summed E-state index contributed by atoms with van der Waals surface area (Å²) in [5.74, 6) is 1.33. The number of benzene rings is 2. The minimum atomic E-state index is -3.62. The molecule has 0 atom stereocenters. The van der Waals surface area contributed by atoms with Crippen molar-refractivity contribution in [2.24, 2.45) is 0 Å². The van der Waals surface area contributed by atoms with E-state index in [0.717, 1.165) is 5.56 Å². The molecule has 0 amide bonds. The number of halogens is 1. The van der Waals surface area contributed by atoms with Gasteiger partial charge in [0.05, 0.1) is 4.90 Å². The predicted molar refractivity (Wildman–Crippen MR) is 92.2 cm³/mol. The lowest BCUT2D eigenvalue weighted by Crippen LogP contribution is -2.30. The summed E-state index contributed by atoms with van der Waals surface area (Å²) >= 11 is 5.92. The van der Waals surface area contributed by atoms with E-state index >= 15 is 0 Å². The smallest absolute Gasteiger partial charge is 0.243 e. The van der Waals surface area contributed by atoms with Crippen LogP contribution < -0.4 is 9.47 Å². The number of nitrogens with zero attached hydrogens (tertiary/aromatic N) is 1. The minimum Gasteiger partial charge on any atom is -0.486 e. The van der Waals surface area contributed by atoms with Gasteiger partial charge >= 0.3 is 0 Å². The van der Waals surface area contributed by atoms with Gasteiger partial charge in [-0.25, -0.2) is 8.42 Å². The molecule has 0 aromatic heterocycles. The van der Waals surface area contributed by atoms with Gasteiger partial charge in [-0.3, -0.25) is 0 Å². The average molecular weight is 368 g/mol. The van der Waals surface area contributed by atoms with Crippen molar-refractivity contribution >= 4 is 21.6 Å². The maximum atomic E-state index is 12.8. The molecule has 1 aliphatic heterocycles. The molecule has 0 N–H and O–H groups in total. The van der Waals surface area contributed by atoms with E-state index in [4.69, 9.17) is 21.1 Å². The zero-order valence-electron chi connectivity index (χ0n) is 13.2. The van der Waals surface area contributed by atoms with E-state index in [9.17, 15) is 8.42 Å². The highest BCUT2D eigenvalue weighted by Gasteiger charge is 2.24. The third-order valence-corrected chi connectivity index (χ3v) is 5.90. The summed E-state index contributed by atoms with van der Waals surface area (Å²) in [6, 6.07) is 11.8. The molecule has 128 valence electrons. The van der Waals surface area contributed by atoms with Crippen molar-refractivity contribution in [1.82, 2.24) is 4.31 Å². The zero-order chi connectivity index (χ0) is 17.2. The molecular formula is C17H18ClNO4S. The molecule has 7 heteroatoms. The van der Waals surface area contributed by atoms with E-state index in [0.29, 0.717) is 36.3 Å². The molecule has 5 nitrogen and oxygen atoms in total. The van der Waals surface area contributed by atoms with Gasteiger partial charge < -0.3 is 9.47 Å². The molecule has 0 saturated carbocycles. The number of hydrogen-bond donors (Lipinski definition) is 0. The van der Waals surface area contributed by atoms with Crippen LogP contribution in [0.3, 0.4) is 0 Å². The summed E-state index contributed by atoms with van der Waals surface area (Å²) < 4.78 is 38.1. The lowest BCUT2D eigenvalue weighted by Gasteiger charge is -2.23. The lowest BCUT2D eigenvalue weighted by atomic mass is 10.2. The normalized spacial score (nSPS) is 14.0. The van der Waals surface area contributed by atoms with E-state index in [1.54, 1.807) is 25.1 Å². The molecule has 2 aromatic rings. The first-order chi connectivity index (χ1) is 11.5. The summed E-state index contributed by atoms with van der Waals surface area (Å²) in [6.07, 6.45) is 0. The molecule has 24 heavy (non-hydrogen) atoms. The van der Waals surface area contributed by atoms with Gasteiger partial charge in [0, 0.05) is 18.1 Å². The van der Waals surface area contributed by atoms with Crippen LogP contribution in [0.5, 0.6) is 11.5 Å². The molecule has 0 fully saturated rings. The zero-order valence-corrected chi connectivity index (χ0v) is 14.8. The Balaban J connectivity index is 1.86. The first-order valence-electron chi connectivity index (χ1n) is 7.65. The van der Waals surface area contributed by atoms with Crippen LogP contribution in [0, 0.1) is 0 Å². The summed E-state index contributed by atoms with van der Waals surface area (Å²) in [5.41, 5.74) is 0.840. The van der Waals surface area contributed by atoms with Crippen molar-refractivity contribution in [2.75, 3.05) is 19.8 Å². The molecule has 0 bridgehead atoms. The number of rotatable bonds is 5. The molecule has 1 aliphatic rings. The molecule has 3 rings (SSSR count). The van der Waals surface area contributed by atoms with Crippen LogP contribution in [0.1, 0.15) is 12.5 Å². The molecule has 0 unspecified atom stereocenters. The summed E-state index contributed by atoms with van der Waals surface area (Å²) in [4.78, 5) is 0.189. The lowest BCUT2D eigenvalue weighted by molar-refractivity contribution is 0.171. The van der Waals surface area contributed by atoms with Gasteiger partial charge in [0.2, 0.25) is 10.0 Å². The Kier molecular flexibility index (Phi) is 4.99. The largest absolute Gasteiger partial charge is 0.486 e. The third-order valence-electron chi connectivity index (χ3n) is 3.75. The molecule has 0 radical (unpaired) electrons. The fraction of sp³-hybridized carbons (Fsp3) is 0.294. The highest BCUT2D eigenvalue weighted by atomic mass is 35.5. The van der Waals surface area contributed by atoms with Crippen LogP contribution in [0.4, 0.5) is 0 Å². The molecule has 1 heterocycles. The maximum Gasteiger partial charge on any atom is 0.243 e. The average Bonchev–Trinajstić information content (AvgIpc) is 2.59. The second kappa shape index (κ2) is 7.01. The van der Waals surface area contributed by atoms with E-state index in [-0.39, 0.29) is 11.4 Å². The molecule has 0 aliphatic carbocycles. The fourth-order valence-corrected chi connectivity index (χ4v) is 4.27. The van der Waals surface area contributed by atoms with Gasteiger partial charge in [-0.15, -0.1) is 0 Å². The molecule has 0 saturated heterocycles. The maximum absolute atomic E-state index is 12.8. The van der Waals surface area contributed by atoms with Crippen molar-refractivity contribution in [3.05, 3.63) is 53.1 Å². The van der Waals surface area contributed by atoms with Crippen molar-refractivity contribution in [3.63, 3.8) is 0 Å². The van der Waals surface area contributed by atoms with E-state index < -0.39 is 10.0 Å². The van der Waals surface area contributed by atoms with Crippen LogP contribution in [0.25, 0.3) is 0 Å². The highest BCUT2D eigenvalue weighted by Crippen LogP contribution is 2.31. The van der Waals surface area contributed by atoms with Gasteiger partial charge in [0.1, 0.15) is 13.2 Å². The molecular weight excluding hydrogens is 350 g/mol. The molecule has 2 aromatic carbocycles. The number of hydrogen-bond acceptors (Lipinski definition) is 4. The standard InChI is InChI=1S/C17H18ClNO4S/c1-2-19(24(20,21)15-5-3-4-14(18)11-15)12-13-6-7-16-17(10-13)23-9-8-22-16/h3-7,10-11H,2,8-9,12H2,1H3. The van der Waals surface area contributed by atoms with Gasteiger partial charge in [-0.05, 0) is 35.9 Å². The first kappa shape index (κ1) is 17.1. The van der Waals surface area contributed by atoms with Crippen LogP contribution >= 0.6 is 11.6 Å². The Morgan fingerprint density at radius 2 is 1.83 bits per heavy atom. The SMILES string of the molecule is CCN(Cc1ccc2c(c1)OCCO2)S(=O)(=O)c1cccc(Cl)c1. The second-order valence-corrected chi connectivity index (χ2v) is 7.74. The third kappa shape index (κ3) is 3.50. The molecule has 0 spiro atoms. The Morgan fingerprint density at radius 3 is 2.54 bits per heavy atom. The second-order valence-electron chi connectivity index (χ2n) is 5.37. The number of fused-ring (bicyclic) bond motifs is 1. The van der Waals surface area contributed by atoms with Gasteiger partial charge in [-0.2, -0.15) is 4.31 Å². The number of sulfonamides is 1. The summed E-state index contributed by atoms with van der Waals surface area (Å²) in [5, 5.41) is 0.395. The topological polar surface area (TPSA) is 55.8 Å². The Morgan fingerprint density at radius 1 is 1.08 bits per heavy atom. The highest BCUT2D eigenvalue weighted by molar-refractivity contribution is 7.89. The van der Waals surface area contributed by atoms with Gasteiger partial charge in [0.15, 0.2) is 11.5 Å². The van der Waals surface area contributed by atoms with Crippen LogP contribution in [-0.2, 0) is 16.6 Å². The summed E-state index contributed by atoms with van der Waals surface area (Å²) in [7, 11) is -3.62. The van der Waals surface area contributed by atoms with E-state index in [1.807, 2.05) is 18.2 Å². The Labute approximate surface area is 146 Å². The van der Waals surface area contributed by atoms with Gasteiger partial charge in [0.25, 0.3) is 0 Å². The Hall–Kier alpha value is -1.76. The monoisotopic (exact) mass is 367 g/mol. The van der Waals surface area contributed by atoms with E-state index in [1.165, 1.54) is 10.4 Å². The van der Waals surface area contributed by atoms with Crippen LogP contribution in [-0.4, -0.2) is 32.5 Å². The quantitative estimate of drug-likeness (QED) is 0.813. The number of ether oxygens (including phenoxy) is 2. The van der Waals surface area contributed by atoms with Crippen molar-refractivity contribution in [2.45, 2.75) is 18.4 Å². The van der Waals surface area contributed by atoms with Crippen molar-refractivity contribution in [3.8, 4) is 11.5 Å². The van der Waals surface area contributed by atoms with Crippen molar-refractivity contribution < 1.29 is 17.9 Å². The van der Waals surface area contributed by atoms with Crippen LogP contribution in [0.2, 0.25) is 5.02 Å². The van der Waals surface area contributed by atoms with Crippen LogP contribution in [0.15, 0.2) is 47.4 Å². The van der Waals surface area contributed by atoms with Crippen molar-refractivity contribution in [1.29, 1.82) is 0 Å². The fourth-order valence-electron chi connectivity index (χ4n) is 2.53. The predicted octanol–water partition coefficient (Wildman–Crippen LogP) is 3.32. The Bertz CT molecular complexity index is 838.